The van der Waals surface area contributed by atoms with Gasteiger partial charge in [0, 0.05) is 36.0 Å². The SMILES string of the molecule is CCc1c(OC)cc(N(CCC(=O)O)CCC(=O)O)c(CC)c1OC. The molecule has 1 aromatic rings. The zero-order chi connectivity index (χ0) is 19.0. The number of methoxy groups -OCH3 is 2. The van der Waals surface area contributed by atoms with Crippen LogP contribution in [-0.4, -0.2) is 49.5 Å². The molecular weight excluding hydrogens is 326 g/mol. The van der Waals surface area contributed by atoms with Crippen LogP contribution in [0.2, 0.25) is 0 Å². The van der Waals surface area contributed by atoms with Crippen LogP contribution in [0.3, 0.4) is 0 Å². The van der Waals surface area contributed by atoms with Crippen molar-refractivity contribution in [2.75, 3.05) is 32.2 Å². The molecule has 0 aromatic heterocycles. The average Bonchev–Trinajstić information content (AvgIpc) is 2.59. The third-order valence-electron chi connectivity index (χ3n) is 4.09. The molecule has 25 heavy (non-hydrogen) atoms. The molecule has 0 fully saturated rings. The molecule has 0 saturated carbocycles. The van der Waals surface area contributed by atoms with Crippen molar-refractivity contribution in [3.63, 3.8) is 0 Å². The predicted molar refractivity (Wildman–Crippen MR) is 95.0 cm³/mol. The van der Waals surface area contributed by atoms with E-state index < -0.39 is 11.9 Å². The fraction of sp³-hybridized carbons (Fsp3) is 0.556. The molecule has 0 atom stereocenters. The molecule has 7 heteroatoms. The second-order valence-corrected chi connectivity index (χ2v) is 5.57. The van der Waals surface area contributed by atoms with Crippen LogP contribution in [0.1, 0.15) is 37.8 Å². The van der Waals surface area contributed by atoms with Gasteiger partial charge in [0.15, 0.2) is 0 Å². The molecule has 0 bridgehead atoms. The number of benzene rings is 1. The Labute approximate surface area is 148 Å². The van der Waals surface area contributed by atoms with Crippen LogP contribution in [0.5, 0.6) is 11.5 Å². The monoisotopic (exact) mass is 353 g/mol. The van der Waals surface area contributed by atoms with Crippen LogP contribution in [0, 0.1) is 0 Å². The normalized spacial score (nSPS) is 10.4. The molecule has 0 saturated heterocycles. The van der Waals surface area contributed by atoms with E-state index in [0.29, 0.717) is 12.2 Å². The van der Waals surface area contributed by atoms with Gasteiger partial charge in [-0.3, -0.25) is 9.59 Å². The van der Waals surface area contributed by atoms with Crippen molar-refractivity contribution in [2.45, 2.75) is 39.5 Å². The van der Waals surface area contributed by atoms with Gasteiger partial charge < -0.3 is 24.6 Å². The second kappa shape index (κ2) is 9.76. The van der Waals surface area contributed by atoms with Crippen molar-refractivity contribution in [3.05, 3.63) is 17.2 Å². The Bertz CT molecular complexity index is 596. The molecular formula is C18H27NO6. The maximum atomic E-state index is 11.0. The fourth-order valence-corrected chi connectivity index (χ4v) is 2.91. The van der Waals surface area contributed by atoms with E-state index in [1.165, 1.54) is 0 Å². The molecule has 0 heterocycles. The summed E-state index contributed by atoms with van der Waals surface area (Å²) >= 11 is 0. The minimum atomic E-state index is -0.928. The number of nitrogens with zero attached hydrogens (tertiary/aromatic N) is 1. The van der Waals surface area contributed by atoms with Crippen molar-refractivity contribution in [2.24, 2.45) is 0 Å². The van der Waals surface area contributed by atoms with Crippen molar-refractivity contribution >= 4 is 17.6 Å². The van der Waals surface area contributed by atoms with Crippen molar-refractivity contribution < 1.29 is 29.3 Å². The molecule has 7 nitrogen and oxygen atoms in total. The summed E-state index contributed by atoms with van der Waals surface area (Å²) in [5.41, 5.74) is 2.63. The Morgan fingerprint density at radius 3 is 1.84 bits per heavy atom. The van der Waals surface area contributed by atoms with Gasteiger partial charge in [-0.1, -0.05) is 13.8 Å². The molecule has 2 N–H and O–H groups in total. The third kappa shape index (κ3) is 5.27. The number of rotatable bonds is 11. The molecule has 0 aliphatic rings. The van der Waals surface area contributed by atoms with Gasteiger partial charge in [0.2, 0.25) is 0 Å². The van der Waals surface area contributed by atoms with E-state index in [2.05, 4.69) is 0 Å². The van der Waals surface area contributed by atoms with Gasteiger partial charge in [0.25, 0.3) is 0 Å². The number of carboxylic acids is 2. The summed E-state index contributed by atoms with van der Waals surface area (Å²) in [6.45, 7) is 4.42. The van der Waals surface area contributed by atoms with Gasteiger partial charge in [0.05, 0.1) is 27.1 Å². The van der Waals surface area contributed by atoms with E-state index in [1.54, 1.807) is 19.1 Å². The predicted octanol–water partition coefficient (Wildman–Crippen LogP) is 2.58. The van der Waals surface area contributed by atoms with E-state index in [9.17, 15) is 9.59 Å². The highest BCUT2D eigenvalue weighted by atomic mass is 16.5. The Morgan fingerprint density at radius 1 is 0.960 bits per heavy atom. The summed E-state index contributed by atoms with van der Waals surface area (Å²) in [7, 11) is 3.16. The maximum Gasteiger partial charge on any atom is 0.305 e. The Balaban J connectivity index is 3.43. The molecule has 0 radical (unpaired) electrons. The van der Waals surface area contributed by atoms with Crippen LogP contribution in [0.4, 0.5) is 5.69 Å². The summed E-state index contributed by atoms with van der Waals surface area (Å²) < 4.78 is 11.1. The zero-order valence-electron chi connectivity index (χ0n) is 15.3. The van der Waals surface area contributed by atoms with Gasteiger partial charge in [0.1, 0.15) is 11.5 Å². The maximum absolute atomic E-state index is 11.0. The number of carboxylic acid groups (broad SMARTS) is 2. The van der Waals surface area contributed by atoms with Crippen LogP contribution < -0.4 is 14.4 Å². The first kappa shape index (κ1) is 20.6. The summed E-state index contributed by atoms with van der Waals surface area (Å²) in [6.07, 6.45) is 1.24. The quantitative estimate of drug-likeness (QED) is 0.631. The van der Waals surface area contributed by atoms with Crippen LogP contribution >= 0.6 is 0 Å². The van der Waals surface area contributed by atoms with Crippen molar-refractivity contribution in [3.8, 4) is 11.5 Å². The lowest BCUT2D eigenvalue weighted by molar-refractivity contribution is -0.137. The Hall–Kier alpha value is -2.44. The third-order valence-corrected chi connectivity index (χ3v) is 4.09. The van der Waals surface area contributed by atoms with E-state index in [-0.39, 0.29) is 25.9 Å². The van der Waals surface area contributed by atoms with Gasteiger partial charge in [-0.2, -0.15) is 0 Å². The molecule has 0 spiro atoms. The summed E-state index contributed by atoms with van der Waals surface area (Å²) in [4.78, 5) is 23.7. The van der Waals surface area contributed by atoms with E-state index in [1.807, 2.05) is 19.9 Å². The number of hydrogen-bond acceptors (Lipinski definition) is 5. The highest BCUT2D eigenvalue weighted by Gasteiger charge is 2.22. The van der Waals surface area contributed by atoms with E-state index in [4.69, 9.17) is 19.7 Å². The van der Waals surface area contributed by atoms with Crippen LogP contribution in [0.15, 0.2) is 6.07 Å². The number of hydrogen-bond donors (Lipinski definition) is 2. The largest absolute Gasteiger partial charge is 0.496 e. The first-order valence-corrected chi connectivity index (χ1v) is 8.34. The fourth-order valence-electron chi connectivity index (χ4n) is 2.91. The van der Waals surface area contributed by atoms with Crippen LogP contribution in [-0.2, 0) is 22.4 Å². The average molecular weight is 353 g/mol. The lowest BCUT2D eigenvalue weighted by Crippen LogP contribution is -2.30. The van der Waals surface area contributed by atoms with Gasteiger partial charge >= 0.3 is 11.9 Å². The minimum absolute atomic E-state index is 0.0804. The van der Waals surface area contributed by atoms with Crippen molar-refractivity contribution in [1.29, 1.82) is 0 Å². The topological polar surface area (TPSA) is 96.3 Å². The standard InChI is InChI=1S/C18H27NO6/c1-5-12-14(11-15(24-3)13(6-2)18(12)25-4)19(9-7-16(20)21)10-8-17(22)23/h11H,5-10H2,1-4H3,(H,20,21)(H,22,23). The van der Waals surface area contributed by atoms with E-state index in [0.717, 1.165) is 29.0 Å². The van der Waals surface area contributed by atoms with Gasteiger partial charge in [-0.05, 0) is 12.8 Å². The van der Waals surface area contributed by atoms with Crippen molar-refractivity contribution in [1.82, 2.24) is 0 Å². The molecule has 0 aliphatic heterocycles. The summed E-state index contributed by atoms with van der Waals surface area (Å²) in [5.74, 6) is -0.484. The van der Waals surface area contributed by atoms with Gasteiger partial charge in [-0.25, -0.2) is 0 Å². The number of ether oxygens (including phenoxy) is 2. The zero-order valence-corrected chi connectivity index (χ0v) is 15.3. The first-order chi connectivity index (χ1) is 11.9. The lowest BCUT2D eigenvalue weighted by Gasteiger charge is -2.29. The minimum Gasteiger partial charge on any atom is -0.496 e. The molecule has 0 aliphatic carbocycles. The Kier molecular flexibility index (Phi) is 8.04. The first-order valence-electron chi connectivity index (χ1n) is 8.34. The number of anilines is 1. The molecule has 1 aromatic carbocycles. The molecule has 1 rings (SSSR count). The highest BCUT2D eigenvalue weighted by molar-refractivity contribution is 5.72. The summed E-state index contributed by atoms with van der Waals surface area (Å²) in [5, 5.41) is 18.0. The second-order valence-electron chi connectivity index (χ2n) is 5.57. The molecule has 0 unspecified atom stereocenters. The molecule has 140 valence electrons. The van der Waals surface area contributed by atoms with Gasteiger partial charge in [-0.15, -0.1) is 0 Å². The molecule has 0 amide bonds. The number of aliphatic carboxylic acids is 2. The Morgan fingerprint density at radius 2 is 1.48 bits per heavy atom. The van der Waals surface area contributed by atoms with E-state index >= 15 is 0 Å². The smallest absolute Gasteiger partial charge is 0.305 e. The highest BCUT2D eigenvalue weighted by Crippen LogP contribution is 2.40. The summed E-state index contributed by atoms with van der Waals surface area (Å²) in [6, 6.07) is 1.85. The van der Waals surface area contributed by atoms with Crippen LogP contribution in [0.25, 0.3) is 0 Å². The lowest BCUT2D eigenvalue weighted by atomic mass is 10.00. The number of carbonyl (C=O) groups is 2.